The van der Waals surface area contributed by atoms with Gasteiger partial charge in [0.05, 0.1) is 35.9 Å². The first-order valence-electron chi connectivity index (χ1n) is 19.6. The number of benzene rings is 3. The molecule has 0 radical (unpaired) electrons. The molecular weight excluding hydrogens is 718 g/mol. The third-order valence-corrected chi connectivity index (χ3v) is 9.30. The van der Waals surface area contributed by atoms with E-state index in [4.69, 9.17) is 23.7 Å². The van der Waals surface area contributed by atoms with Gasteiger partial charge >= 0.3 is 17.9 Å². The fourth-order valence-electron chi connectivity index (χ4n) is 6.14. The summed E-state index contributed by atoms with van der Waals surface area (Å²) in [6.45, 7) is 3.12. The van der Waals surface area contributed by atoms with Crippen molar-refractivity contribution in [1.29, 1.82) is 0 Å². The molecule has 0 saturated carbocycles. The number of aliphatic hydroxyl groups excluding tert-OH is 2. The van der Waals surface area contributed by atoms with Crippen molar-refractivity contribution in [3.63, 3.8) is 0 Å². The van der Waals surface area contributed by atoms with Gasteiger partial charge in [-0.3, -0.25) is 4.79 Å². The molecule has 3 aromatic rings. The molecule has 1 amide bonds. The molecule has 1 aliphatic heterocycles. The van der Waals surface area contributed by atoms with Gasteiger partial charge in [0, 0.05) is 6.42 Å². The van der Waals surface area contributed by atoms with E-state index < -0.39 is 67.4 Å². The van der Waals surface area contributed by atoms with Crippen LogP contribution in [-0.4, -0.2) is 90.1 Å². The maximum absolute atomic E-state index is 13.5. The van der Waals surface area contributed by atoms with Gasteiger partial charge in [0.25, 0.3) is 0 Å². The van der Waals surface area contributed by atoms with E-state index in [0.717, 1.165) is 38.5 Å². The number of nitrogens with one attached hydrogen (secondary N) is 1. The SMILES string of the molecule is CCCCCC/C=C/[C@@H](OC(=O)c1ccccc1)[C@H](CO[C@H]1O[C@H](CO)[C@H](O)[C@H](OC(=O)c2ccccc2)[C@H]1OC(=O)c1ccccc1)NC(=O)CCCCC. The molecule has 0 aromatic heterocycles. The summed E-state index contributed by atoms with van der Waals surface area (Å²) in [7, 11) is 0. The lowest BCUT2D eigenvalue weighted by Crippen LogP contribution is -2.62. The molecule has 12 heteroatoms. The molecule has 0 unspecified atom stereocenters. The number of esters is 3. The van der Waals surface area contributed by atoms with E-state index >= 15 is 0 Å². The van der Waals surface area contributed by atoms with Gasteiger partial charge in [-0.2, -0.15) is 0 Å². The van der Waals surface area contributed by atoms with E-state index in [9.17, 15) is 29.4 Å². The lowest BCUT2D eigenvalue weighted by atomic mass is 9.98. The van der Waals surface area contributed by atoms with Crippen LogP contribution in [0.15, 0.2) is 103 Å². The predicted molar refractivity (Wildman–Crippen MR) is 209 cm³/mol. The number of allylic oxidation sites excluding steroid dienone is 1. The van der Waals surface area contributed by atoms with Crippen molar-refractivity contribution in [2.24, 2.45) is 0 Å². The zero-order valence-corrected chi connectivity index (χ0v) is 32.2. The summed E-state index contributed by atoms with van der Waals surface area (Å²) in [4.78, 5) is 53.6. The molecule has 1 saturated heterocycles. The van der Waals surface area contributed by atoms with Crippen LogP contribution in [0.3, 0.4) is 0 Å². The molecule has 302 valence electrons. The van der Waals surface area contributed by atoms with E-state index in [1.807, 2.05) is 13.0 Å². The second-order valence-corrected chi connectivity index (χ2v) is 13.7. The number of carbonyl (C=O) groups is 4. The summed E-state index contributed by atoms with van der Waals surface area (Å²) in [6.07, 6.45) is 2.50. The van der Waals surface area contributed by atoms with Gasteiger partial charge in [0.1, 0.15) is 18.3 Å². The van der Waals surface area contributed by atoms with Gasteiger partial charge in [0.15, 0.2) is 18.5 Å². The van der Waals surface area contributed by atoms with Crippen LogP contribution < -0.4 is 5.32 Å². The minimum absolute atomic E-state index is 0.173. The maximum Gasteiger partial charge on any atom is 0.338 e. The van der Waals surface area contributed by atoms with Crippen molar-refractivity contribution in [3.8, 4) is 0 Å². The van der Waals surface area contributed by atoms with Gasteiger partial charge in [-0.1, -0.05) is 107 Å². The molecule has 1 aliphatic rings. The number of carbonyl (C=O) groups excluding carboxylic acids is 4. The summed E-state index contributed by atoms with van der Waals surface area (Å²) in [5, 5.41) is 24.6. The largest absolute Gasteiger partial charge is 0.452 e. The van der Waals surface area contributed by atoms with Crippen LogP contribution in [0.2, 0.25) is 0 Å². The van der Waals surface area contributed by atoms with Crippen molar-refractivity contribution < 1.29 is 53.1 Å². The number of hydrogen-bond donors (Lipinski definition) is 3. The van der Waals surface area contributed by atoms with Crippen LogP contribution in [0.4, 0.5) is 0 Å². The first kappa shape index (κ1) is 43.8. The van der Waals surface area contributed by atoms with Gasteiger partial charge in [0.2, 0.25) is 5.91 Å². The Labute approximate surface area is 329 Å². The average Bonchev–Trinajstić information content (AvgIpc) is 3.23. The Morgan fingerprint density at radius 2 is 1.27 bits per heavy atom. The smallest absolute Gasteiger partial charge is 0.338 e. The number of ether oxygens (including phenoxy) is 5. The first-order chi connectivity index (χ1) is 27.2. The summed E-state index contributed by atoms with van der Waals surface area (Å²) >= 11 is 0. The monoisotopic (exact) mass is 773 g/mol. The molecule has 1 heterocycles. The van der Waals surface area contributed by atoms with Crippen molar-refractivity contribution in [1.82, 2.24) is 5.32 Å². The first-order valence-corrected chi connectivity index (χ1v) is 19.6. The fourth-order valence-corrected chi connectivity index (χ4v) is 6.14. The van der Waals surface area contributed by atoms with Crippen LogP contribution in [0.5, 0.6) is 0 Å². The highest BCUT2D eigenvalue weighted by molar-refractivity contribution is 5.91. The average molecular weight is 774 g/mol. The minimum atomic E-state index is -1.63. The second-order valence-electron chi connectivity index (χ2n) is 13.7. The zero-order chi connectivity index (χ0) is 40.1. The van der Waals surface area contributed by atoms with Crippen molar-refractivity contribution in [3.05, 3.63) is 120 Å². The Kier molecular flexibility index (Phi) is 18.7. The van der Waals surface area contributed by atoms with Crippen LogP contribution >= 0.6 is 0 Å². The molecule has 1 fully saturated rings. The molecule has 7 atom stereocenters. The summed E-state index contributed by atoms with van der Waals surface area (Å²) < 4.78 is 30.0. The number of rotatable bonds is 22. The molecular formula is C44H55NO11. The third-order valence-electron chi connectivity index (χ3n) is 9.30. The Bertz CT molecular complexity index is 1650. The van der Waals surface area contributed by atoms with Gasteiger partial charge in [-0.05, 0) is 61.7 Å². The van der Waals surface area contributed by atoms with E-state index in [2.05, 4.69) is 12.2 Å². The highest BCUT2D eigenvalue weighted by atomic mass is 16.7. The minimum Gasteiger partial charge on any atom is -0.452 e. The molecule has 0 spiro atoms. The quantitative estimate of drug-likeness (QED) is 0.0451. The lowest BCUT2D eigenvalue weighted by Gasteiger charge is -2.43. The number of amides is 1. The van der Waals surface area contributed by atoms with E-state index in [1.165, 1.54) is 24.3 Å². The third kappa shape index (κ3) is 13.7. The van der Waals surface area contributed by atoms with Crippen molar-refractivity contribution in [2.45, 2.75) is 114 Å². The molecule has 0 bridgehead atoms. The zero-order valence-electron chi connectivity index (χ0n) is 32.2. The van der Waals surface area contributed by atoms with Crippen molar-refractivity contribution in [2.75, 3.05) is 13.2 Å². The summed E-state index contributed by atoms with van der Waals surface area (Å²) in [5.74, 6) is -2.54. The standard InChI is InChI=1S/C44H55NO11/c1-3-5-7-8-9-20-27-35(53-41(49)31-21-14-10-15-22-31)34(45-37(47)28-13-6-4-2)30-52-44-40(56-43(51)33-25-18-12-19-26-33)39(38(48)36(29-46)54-44)55-42(50)32-23-16-11-17-24-32/h10-12,14-27,34-36,38-40,44,46,48H,3-9,13,28-30H2,1-2H3,(H,45,47)/b27-20+/t34-,35+,36+,38-,39-,40+,44-/m0/s1. The van der Waals surface area contributed by atoms with Crippen LogP contribution in [-0.2, 0) is 28.5 Å². The lowest BCUT2D eigenvalue weighted by molar-refractivity contribution is -0.300. The molecule has 12 nitrogen and oxygen atoms in total. The maximum atomic E-state index is 13.5. The van der Waals surface area contributed by atoms with Gasteiger partial charge < -0.3 is 39.2 Å². The van der Waals surface area contributed by atoms with E-state index in [-0.39, 0.29) is 30.1 Å². The summed E-state index contributed by atoms with van der Waals surface area (Å²) in [5.41, 5.74) is 0.661. The topological polar surface area (TPSA) is 167 Å². The number of aliphatic hydroxyl groups is 2. The highest BCUT2D eigenvalue weighted by Crippen LogP contribution is 2.29. The Hall–Kier alpha value is -4.88. The summed E-state index contributed by atoms with van der Waals surface area (Å²) in [6, 6.07) is 23.6. The van der Waals surface area contributed by atoms with E-state index in [1.54, 1.807) is 72.8 Å². The normalized spacial score (nSPS) is 20.5. The van der Waals surface area contributed by atoms with Gasteiger partial charge in [-0.25, -0.2) is 14.4 Å². The Morgan fingerprint density at radius 1 is 0.732 bits per heavy atom. The number of hydrogen-bond acceptors (Lipinski definition) is 11. The van der Waals surface area contributed by atoms with Crippen LogP contribution in [0, 0.1) is 0 Å². The van der Waals surface area contributed by atoms with E-state index in [0.29, 0.717) is 18.4 Å². The van der Waals surface area contributed by atoms with Crippen LogP contribution in [0.1, 0.15) is 103 Å². The molecule has 0 aliphatic carbocycles. The molecule has 3 N–H and O–H groups in total. The second kappa shape index (κ2) is 23.9. The predicted octanol–water partition coefficient (Wildman–Crippen LogP) is 6.35. The fraction of sp³-hybridized carbons (Fsp3) is 0.455. The Balaban J connectivity index is 1.67. The Morgan fingerprint density at radius 3 is 1.82 bits per heavy atom. The molecule has 4 rings (SSSR count). The van der Waals surface area contributed by atoms with Crippen molar-refractivity contribution >= 4 is 23.8 Å². The highest BCUT2D eigenvalue weighted by Gasteiger charge is 2.51. The molecule has 3 aromatic carbocycles. The van der Waals surface area contributed by atoms with Gasteiger partial charge in [-0.15, -0.1) is 0 Å². The number of unbranched alkanes of at least 4 members (excludes halogenated alkanes) is 6. The molecule has 56 heavy (non-hydrogen) atoms. The van der Waals surface area contributed by atoms with Crippen LogP contribution in [0.25, 0.3) is 0 Å².